The third-order valence-electron chi connectivity index (χ3n) is 4.24. The molecule has 0 aliphatic heterocycles. The molecule has 0 bridgehead atoms. The van der Waals surface area contributed by atoms with Crippen LogP contribution in [0.25, 0.3) is 0 Å². The van der Waals surface area contributed by atoms with Gasteiger partial charge in [0.2, 0.25) is 0 Å². The van der Waals surface area contributed by atoms with Crippen molar-refractivity contribution in [2.24, 2.45) is 11.7 Å². The number of rotatable bonds is 3. The Kier molecular flexibility index (Phi) is 5.02. The molecule has 2 N–H and O–H groups in total. The van der Waals surface area contributed by atoms with Gasteiger partial charge in [-0.05, 0) is 59.7 Å². The Hall–Kier alpha value is -0.680. The molecule has 0 saturated heterocycles. The van der Waals surface area contributed by atoms with E-state index in [0.29, 0.717) is 21.8 Å². The Balaban J connectivity index is 2.24. The molecule has 0 amide bonds. The summed E-state index contributed by atoms with van der Waals surface area (Å²) < 4.78 is 14.9. The lowest BCUT2D eigenvalue weighted by molar-refractivity contribution is 0.339. The second-order valence-electron chi connectivity index (χ2n) is 5.65. The highest BCUT2D eigenvalue weighted by molar-refractivity contribution is 9.10. The summed E-state index contributed by atoms with van der Waals surface area (Å²) in [4.78, 5) is 2.26. The van der Waals surface area contributed by atoms with Gasteiger partial charge < -0.3 is 10.6 Å². The molecule has 2 rings (SSSR count). The molecule has 20 heavy (non-hydrogen) atoms. The van der Waals surface area contributed by atoms with Gasteiger partial charge in [-0.15, -0.1) is 0 Å². The minimum Gasteiger partial charge on any atom is -0.389 e. The van der Waals surface area contributed by atoms with Crippen LogP contribution < -0.4 is 10.6 Å². The predicted octanol–water partition coefficient (Wildman–Crippen LogP) is 4.24. The van der Waals surface area contributed by atoms with Crippen LogP contribution in [0.2, 0.25) is 0 Å². The fourth-order valence-electron chi connectivity index (χ4n) is 2.83. The van der Waals surface area contributed by atoms with Gasteiger partial charge in [-0.2, -0.15) is 0 Å². The Bertz CT molecular complexity index is 513. The summed E-state index contributed by atoms with van der Waals surface area (Å²) in [6, 6.07) is 3.96. The first-order valence-corrected chi connectivity index (χ1v) is 8.12. The molecule has 2 nitrogen and oxygen atoms in total. The summed E-state index contributed by atoms with van der Waals surface area (Å²) in [5.74, 6) is 0.504. The van der Waals surface area contributed by atoms with Crippen LogP contribution in [0.15, 0.2) is 16.6 Å². The van der Waals surface area contributed by atoms with Crippen molar-refractivity contribution in [3.8, 4) is 0 Å². The summed E-state index contributed by atoms with van der Waals surface area (Å²) in [5.41, 5.74) is 6.74. The van der Waals surface area contributed by atoms with Crippen molar-refractivity contribution in [3.05, 3.63) is 28.0 Å². The maximum absolute atomic E-state index is 14.5. The molecule has 1 aromatic rings. The molecular weight excluding hydrogens is 339 g/mol. The molecule has 1 aliphatic carbocycles. The lowest BCUT2D eigenvalue weighted by atomic mass is 9.86. The van der Waals surface area contributed by atoms with E-state index in [0.717, 1.165) is 18.8 Å². The van der Waals surface area contributed by atoms with Crippen molar-refractivity contribution in [3.63, 3.8) is 0 Å². The van der Waals surface area contributed by atoms with Crippen LogP contribution in [0.1, 0.15) is 38.2 Å². The highest BCUT2D eigenvalue weighted by atomic mass is 79.9. The van der Waals surface area contributed by atoms with E-state index >= 15 is 0 Å². The van der Waals surface area contributed by atoms with E-state index in [1.54, 1.807) is 12.1 Å². The maximum Gasteiger partial charge on any atom is 0.161 e. The van der Waals surface area contributed by atoms with E-state index in [-0.39, 0.29) is 10.8 Å². The summed E-state index contributed by atoms with van der Waals surface area (Å²) in [6.45, 7) is 2.28. The number of halogens is 2. The van der Waals surface area contributed by atoms with Gasteiger partial charge in [-0.1, -0.05) is 19.1 Å². The number of hydrogen-bond acceptors (Lipinski definition) is 2. The van der Waals surface area contributed by atoms with Crippen molar-refractivity contribution >= 4 is 38.8 Å². The minimum atomic E-state index is -0.281. The van der Waals surface area contributed by atoms with Crippen LogP contribution in [0, 0.1) is 11.7 Å². The average Bonchev–Trinajstić information content (AvgIpc) is 2.41. The van der Waals surface area contributed by atoms with Gasteiger partial charge in [-0.25, -0.2) is 4.39 Å². The summed E-state index contributed by atoms with van der Waals surface area (Å²) in [6.07, 6.45) is 4.66. The van der Waals surface area contributed by atoms with Crippen LogP contribution in [0.5, 0.6) is 0 Å². The highest BCUT2D eigenvalue weighted by Gasteiger charge is 2.24. The summed E-state index contributed by atoms with van der Waals surface area (Å²) in [7, 11) is 1.96. The summed E-state index contributed by atoms with van der Waals surface area (Å²) >= 11 is 8.19. The van der Waals surface area contributed by atoms with Crippen LogP contribution in [-0.2, 0) is 0 Å². The average molecular weight is 359 g/mol. The fraction of sp³-hybridized carbons (Fsp3) is 0.533. The molecule has 5 heteroatoms. The number of nitrogens with zero attached hydrogens (tertiary/aromatic N) is 1. The van der Waals surface area contributed by atoms with E-state index in [1.807, 2.05) is 7.05 Å². The number of benzene rings is 1. The molecule has 1 fully saturated rings. The number of hydrogen-bond donors (Lipinski definition) is 1. The number of anilines is 1. The number of nitrogens with two attached hydrogens (primary N) is 1. The maximum atomic E-state index is 14.5. The van der Waals surface area contributed by atoms with Gasteiger partial charge in [0.15, 0.2) is 5.82 Å². The molecule has 110 valence electrons. The lowest BCUT2D eigenvalue weighted by Crippen LogP contribution is -2.35. The van der Waals surface area contributed by atoms with Crippen molar-refractivity contribution in [1.82, 2.24) is 0 Å². The first-order valence-electron chi connectivity index (χ1n) is 6.92. The van der Waals surface area contributed by atoms with Gasteiger partial charge in [0.05, 0.1) is 10.2 Å². The van der Waals surface area contributed by atoms with Crippen molar-refractivity contribution in [2.45, 2.75) is 38.6 Å². The second-order valence-corrected chi connectivity index (χ2v) is 6.88. The van der Waals surface area contributed by atoms with Gasteiger partial charge in [0.25, 0.3) is 0 Å². The SMILES string of the molecule is CC1CCC(N(C)c2ccc(C(N)=S)c(Br)c2F)CC1. The van der Waals surface area contributed by atoms with Gasteiger partial charge in [0, 0.05) is 18.7 Å². The third kappa shape index (κ3) is 3.14. The second kappa shape index (κ2) is 6.39. The largest absolute Gasteiger partial charge is 0.389 e. The third-order valence-corrected chi connectivity index (χ3v) is 5.24. The van der Waals surface area contributed by atoms with E-state index < -0.39 is 0 Å². The standard InChI is InChI=1S/C15H20BrFN2S/c1-9-3-5-10(6-4-9)19(2)12-8-7-11(15(18)20)13(16)14(12)17/h7-10H,3-6H2,1-2H3,(H2,18,20). The smallest absolute Gasteiger partial charge is 0.161 e. The van der Waals surface area contributed by atoms with Gasteiger partial charge >= 0.3 is 0 Å². The van der Waals surface area contributed by atoms with Crippen molar-refractivity contribution in [2.75, 3.05) is 11.9 Å². The zero-order valence-corrected chi connectivity index (χ0v) is 14.2. The first-order chi connectivity index (χ1) is 9.41. The lowest BCUT2D eigenvalue weighted by Gasteiger charge is -2.35. The molecular formula is C15H20BrFN2S. The molecule has 0 heterocycles. The van der Waals surface area contributed by atoms with Gasteiger partial charge in [0.1, 0.15) is 4.99 Å². The van der Waals surface area contributed by atoms with Crippen LogP contribution in [-0.4, -0.2) is 18.1 Å². The zero-order valence-electron chi connectivity index (χ0n) is 11.8. The van der Waals surface area contributed by atoms with Crippen molar-refractivity contribution < 1.29 is 4.39 Å². The monoisotopic (exact) mass is 358 g/mol. The van der Waals surface area contributed by atoms with Crippen LogP contribution in [0.4, 0.5) is 10.1 Å². The molecule has 0 aromatic heterocycles. The predicted molar refractivity (Wildman–Crippen MR) is 89.8 cm³/mol. The Labute approximate surface area is 133 Å². The summed E-state index contributed by atoms with van der Waals surface area (Å²) in [5, 5.41) is 0. The van der Waals surface area contributed by atoms with E-state index in [4.69, 9.17) is 18.0 Å². The van der Waals surface area contributed by atoms with Crippen LogP contribution >= 0.6 is 28.1 Å². The quantitative estimate of drug-likeness (QED) is 0.819. The zero-order chi connectivity index (χ0) is 14.9. The first kappa shape index (κ1) is 15.7. The molecule has 1 aliphatic rings. The molecule has 0 radical (unpaired) electrons. The molecule has 0 unspecified atom stereocenters. The topological polar surface area (TPSA) is 29.3 Å². The molecule has 0 spiro atoms. The van der Waals surface area contributed by atoms with Gasteiger partial charge in [-0.3, -0.25) is 0 Å². The molecule has 0 atom stereocenters. The highest BCUT2D eigenvalue weighted by Crippen LogP contribution is 2.34. The van der Waals surface area contributed by atoms with E-state index in [1.165, 1.54) is 12.8 Å². The van der Waals surface area contributed by atoms with Crippen LogP contribution in [0.3, 0.4) is 0 Å². The van der Waals surface area contributed by atoms with E-state index in [9.17, 15) is 4.39 Å². The Morgan fingerprint density at radius 1 is 1.35 bits per heavy atom. The molecule has 1 aromatic carbocycles. The Morgan fingerprint density at radius 2 is 1.95 bits per heavy atom. The normalized spacial score (nSPS) is 22.6. The fourth-order valence-corrected chi connectivity index (χ4v) is 3.68. The number of thiocarbonyl (C=S) groups is 1. The Morgan fingerprint density at radius 3 is 2.50 bits per heavy atom. The minimum absolute atomic E-state index is 0.205. The molecule has 1 saturated carbocycles. The van der Waals surface area contributed by atoms with Crippen molar-refractivity contribution in [1.29, 1.82) is 0 Å². The van der Waals surface area contributed by atoms with E-state index in [2.05, 4.69) is 27.8 Å².